The molecule has 2 atom stereocenters. The van der Waals surface area contributed by atoms with Crippen molar-refractivity contribution in [1.82, 2.24) is 5.32 Å². The number of amides is 1. The zero-order valence-corrected chi connectivity index (χ0v) is 11.0. The SMILES string of the molecule is CC(CO)NC(=O)C1(C)Cc2ccccc2C(=O)O1. The van der Waals surface area contributed by atoms with Gasteiger partial charge in [-0.05, 0) is 25.5 Å². The number of fused-ring (bicyclic) bond motifs is 1. The van der Waals surface area contributed by atoms with Gasteiger partial charge in [-0.1, -0.05) is 18.2 Å². The van der Waals surface area contributed by atoms with Crippen molar-refractivity contribution in [3.05, 3.63) is 35.4 Å². The molecule has 5 heteroatoms. The molecule has 1 aromatic rings. The van der Waals surface area contributed by atoms with E-state index in [-0.39, 0.29) is 12.6 Å². The molecule has 5 nitrogen and oxygen atoms in total. The van der Waals surface area contributed by atoms with E-state index in [4.69, 9.17) is 9.84 Å². The fourth-order valence-corrected chi connectivity index (χ4v) is 2.08. The lowest BCUT2D eigenvalue weighted by Crippen LogP contribution is -2.54. The Kier molecular flexibility index (Phi) is 3.57. The van der Waals surface area contributed by atoms with Gasteiger partial charge in [0.1, 0.15) is 0 Å². The van der Waals surface area contributed by atoms with E-state index >= 15 is 0 Å². The van der Waals surface area contributed by atoms with Gasteiger partial charge in [-0.25, -0.2) is 4.79 Å². The number of aliphatic hydroxyl groups excluding tert-OH is 1. The second-order valence-electron chi connectivity index (χ2n) is 5.01. The minimum Gasteiger partial charge on any atom is -0.445 e. The number of esters is 1. The summed E-state index contributed by atoms with van der Waals surface area (Å²) >= 11 is 0. The molecule has 1 heterocycles. The van der Waals surface area contributed by atoms with Crippen molar-refractivity contribution in [1.29, 1.82) is 0 Å². The van der Waals surface area contributed by atoms with Crippen LogP contribution in [0.25, 0.3) is 0 Å². The van der Waals surface area contributed by atoms with E-state index in [2.05, 4.69) is 5.32 Å². The number of carbonyl (C=O) groups is 2. The molecule has 0 aromatic heterocycles. The van der Waals surface area contributed by atoms with Crippen LogP contribution in [0.4, 0.5) is 0 Å². The van der Waals surface area contributed by atoms with Gasteiger partial charge in [-0.2, -0.15) is 0 Å². The van der Waals surface area contributed by atoms with Crippen molar-refractivity contribution >= 4 is 11.9 Å². The van der Waals surface area contributed by atoms with Gasteiger partial charge in [0.25, 0.3) is 5.91 Å². The van der Waals surface area contributed by atoms with Crippen molar-refractivity contribution in [2.75, 3.05) is 6.61 Å². The predicted molar refractivity (Wildman–Crippen MR) is 68.7 cm³/mol. The third kappa shape index (κ3) is 2.61. The molecule has 0 fully saturated rings. The van der Waals surface area contributed by atoms with E-state index in [1.165, 1.54) is 0 Å². The van der Waals surface area contributed by atoms with E-state index in [1.807, 2.05) is 12.1 Å². The molecule has 0 saturated carbocycles. The number of ether oxygens (including phenoxy) is 1. The molecule has 1 amide bonds. The van der Waals surface area contributed by atoms with E-state index in [1.54, 1.807) is 26.0 Å². The summed E-state index contributed by atoms with van der Waals surface area (Å²) in [6.07, 6.45) is 0.332. The van der Waals surface area contributed by atoms with Crippen molar-refractivity contribution in [3.8, 4) is 0 Å². The maximum atomic E-state index is 12.1. The summed E-state index contributed by atoms with van der Waals surface area (Å²) in [6.45, 7) is 3.10. The number of rotatable bonds is 3. The molecule has 102 valence electrons. The van der Waals surface area contributed by atoms with Crippen molar-refractivity contribution in [2.45, 2.75) is 31.9 Å². The third-order valence-electron chi connectivity index (χ3n) is 3.21. The van der Waals surface area contributed by atoms with Gasteiger partial charge in [0, 0.05) is 12.5 Å². The third-order valence-corrected chi connectivity index (χ3v) is 3.21. The molecule has 2 N–H and O–H groups in total. The molecular weight excluding hydrogens is 246 g/mol. The molecule has 1 aliphatic heterocycles. The van der Waals surface area contributed by atoms with Crippen LogP contribution in [0.2, 0.25) is 0 Å². The molecule has 2 rings (SSSR count). The molecule has 0 aliphatic carbocycles. The smallest absolute Gasteiger partial charge is 0.339 e. The van der Waals surface area contributed by atoms with Gasteiger partial charge < -0.3 is 15.2 Å². The number of hydrogen-bond donors (Lipinski definition) is 2. The Morgan fingerprint density at radius 2 is 2.21 bits per heavy atom. The van der Waals surface area contributed by atoms with Gasteiger partial charge in [0.15, 0.2) is 5.60 Å². The van der Waals surface area contributed by atoms with Crippen LogP contribution in [-0.2, 0) is 16.0 Å². The minimum absolute atomic E-state index is 0.160. The number of benzene rings is 1. The van der Waals surface area contributed by atoms with Crippen molar-refractivity contribution < 1.29 is 19.4 Å². The number of aliphatic hydroxyl groups is 1. The molecule has 2 unspecified atom stereocenters. The second kappa shape index (κ2) is 5.01. The number of nitrogens with one attached hydrogen (secondary N) is 1. The van der Waals surface area contributed by atoms with Crippen molar-refractivity contribution in [2.24, 2.45) is 0 Å². The van der Waals surface area contributed by atoms with E-state index in [9.17, 15) is 9.59 Å². The molecule has 1 aromatic carbocycles. The van der Waals surface area contributed by atoms with Gasteiger partial charge in [0.05, 0.1) is 12.2 Å². The molecular formula is C14H17NO4. The lowest BCUT2D eigenvalue weighted by molar-refractivity contribution is -0.140. The largest absolute Gasteiger partial charge is 0.445 e. The molecule has 0 radical (unpaired) electrons. The van der Waals surface area contributed by atoms with Crippen LogP contribution < -0.4 is 5.32 Å². The summed E-state index contributed by atoms with van der Waals surface area (Å²) in [7, 11) is 0. The fraction of sp³-hybridized carbons (Fsp3) is 0.429. The van der Waals surface area contributed by atoms with Crippen LogP contribution in [-0.4, -0.2) is 35.2 Å². The van der Waals surface area contributed by atoms with Crippen LogP contribution in [0.3, 0.4) is 0 Å². The highest BCUT2D eigenvalue weighted by atomic mass is 16.6. The Morgan fingerprint density at radius 1 is 1.53 bits per heavy atom. The Labute approximate surface area is 111 Å². The summed E-state index contributed by atoms with van der Waals surface area (Å²) in [4.78, 5) is 24.1. The number of hydrogen-bond acceptors (Lipinski definition) is 4. The summed E-state index contributed by atoms with van der Waals surface area (Å²) in [5, 5.41) is 11.6. The normalized spacial score (nSPS) is 23.2. The average molecular weight is 263 g/mol. The molecule has 19 heavy (non-hydrogen) atoms. The Balaban J connectivity index is 2.23. The first-order valence-corrected chi connectivity index (χ1v) is 6.19. The maximum absolute atomic E-state index is 12.1. The Bertz CT molecular complexity index is 514. The molecule has 1 aliphatic rings. The lowest BCUT2D eigenvalue weighted by Gasteiger charge is -2.33. The average Bonchev–Trinajstić information content (AvgIpc) is 2.38. The quantitative estimate of drug-likeness (QED) is 0.785. The first-order valence-electron chi connectivity index (χ1n) is 6.19. The highest BCUT2D eigenvalue weighted by Gasteiger charge is 2.42. The van der Waals surface area contributed by atoms with Gasteiger partial charge in [-0.15, -0.1) is 0 Å². The topological polar surface area (TPSA) is 75.6 Å². The zero-order chi connectivity index (χ0) is 14.0. The van der Waals surface area contributed by atoms with Crippen LogP contribution in [0.1, 0.15) is 29.8 Å². The van der Waals surface area contributed by atoms with Crippen LogP contribution in [0.5, 0.6) is 0 Å². The lowest BCUT2D eigenvalue weighted by atomic mass is 9.89. The van der Waals surface area contributed by atoms with Crippen LogP contribution in [0, 0.1) is 0 Å². The standard InChI is InChI=1S/C14H17NO4/c1-9(8-16)15-13(18)14(2)7-10-5-3-4-6-11(10)12(17)19-14/h3-6,9,16H,7-8H2,1-2H3,(H,15,18). The van der Waals surface area contributed by atoms with Crippen LogP contribution in [0.15, 0.2) is 24.3 Å². The summed E-state index contributed by atoms with van der Waals surface area (Å²) in [6, 6.07) is 6.71. The number of carbonyl (C=O) groups excluding carboxylic acids is 2. The maximum Gasteiger partial charge on any atom is 0.339 e. The monoisotopic (exact) mass is 263 g/mol. The van der Waals surface area contributed by atoms with Gasteiger partial charge >= 0.3 is 5.97 Å². The first kappa shape index (κ1) is 13.5. The van der Waals surface area contributed by atoms with Crippen molar-refractivity contribution in [3.63, 3.8) is 0 Å². The summed E-state index contributed by atoms with van der Waals surface area (Å²) < 4.78 is 5.27. The minimum atomic E-state index is -1.23. The highest BCUT2D eigenvalue weighted by molar-refractivity contribution is 5.97. The van der Waals surface area contributed by atoms with Gasteiger partial charge in [-0.3, -0.25) is 4.79 Å². The highest BCUT2D eigenvalue weighted by Crippen LogP contribution is 2.28. The van der Waals surface area contributed by atoms with Crippen LogP contribution >= 0.6 is 0 Å². The zero-order valence-electron chi connectivity index (χ0n) is 11.0. The molecule has 0 spiro atoms. The second-order valence-corrected chi connectivity index (χ2v) is 5.01. The summed E-state index contributed by atoms with van der Waals surface area (Å²) in [5.74, 6) is -0.881. The molecule has 0 bridgehead atoms. The molecule has 0 saturated heterocycles. The fourth-order valence-electron chi connectivity index (χ4n) is 2.08. The number of cyclic esters (lactones) is 1. The van der Waals surface area contributed by atoms with E-state index in [0.29, 0.717) is 12.0 Å². The first-order chi connectivity index (χ1) is 8.96. The predicted octanol–water partition coefficient (Wildman–Crippen LogP) is 0.655. The van der Waals surface area contributed by atoms with E-state index < -0.39 is 17.5 Å². The summed E-state index contributed by atoms with van der Waals surface area (Å²) in [5.41, 5.74) is 0.0746. The van der Waals surface area contributed by atoms with E-state index in [0.717, 1.165) is 5.56 Å². The Hall–Kier alpha value is -1.88. The van der Waals surface area contributed by atoms with Gasteiger partial charge in [0.2, 0.25) is 0 Å². The Morgan fingerprint density at radius 3 is 2.89 bits per heavy atom.